The van der Waals surface area contributed by atoms with E-state index in [1.807, 2.05) is 6.92 Å². The minimum atomic E-state index is -0.990. The van der Waals surface area contributed by atoms with Gasteiger partial charge in [0.2, 0.25) is 0 Å². The van der Waals surface area contributed by atoms with Crippen molar-refractivity contribution in [3.05, 3.63) is 23.2 Å². The number of hydrogen-bond acceptors (Lipinski definition) is 4. The minimum absolute atomic E-state index is 0.0767. The molecule has 2 heterocycles. The maximum atomic E-state index is 12.3. The second kappa shape index (κ2) is 5.52. The van der Waals surface area contributed by atoms with E-state index in [1.54, 1.807) is 0 Å². The lowest BCUT2D eigenvalue weighted by Crippen LogP contribution is -2.52. The van der Waals surface area contributed by atoms with Crippen LogP contribution in [0.2, 0.25) is 5.15 Å². The molecule has 0 aromatic carbocycles. The van der Waals surface area contributed by atoms with E-state index in [9.17, 15) is 14.7 Å². The SMILES string of the molecule is CC1CCCN(C(=O)c2cncc(Cl)n2)C1C(=O)O. The summed E-state index contributed by atoms with van der Waals surface area (Å²) >= 11 is 5.69. The van der Waals surface area contributed by atoms with Gasteiger partial charge in [-0.2, -0.15) is 0 Å². The number of rotatable bonds is 2. The summed E-state index contributed by atoms with van der Waals surface area (Å²) in [5.74, 6) is -1.51. The first-order valence-electron chi connectivity index (χ1n) is 6.02. The third-order valence-corrected chi connectivity index (χ3v) is 3.45. The standard InChI is InChI=1S/C12H14ClN3O3/c1-7-3-2-4-16(10(7)12(18)19)11(17)8-5-14-6-9(13)15-8/h5-7,10H,2-4H2,1H3,(H,18,19). The molecule has 1 saturated heterocycles. The maximum Gasteiger partial charge on any atom is 0.326 e. The van der Waals surface area contributed by atoms with Gasteiger partial charge in [-0.25, -0.2) is 9.78 Å². The van der Waals surface area contributed by atoms with Crippen molar-refractivity contribution in [3.8, 4) is 0 Å². The summed E-state index contributed by atoms with van der Waals surface area (Å²) in [7, 11) is 0. The molecule has 7 heteroatoms. The summed E-state index contributed by atoms with van der Waals surface area (Å²) in [4.78, 5) is 32.7. The fraction of sp³-hybridized carbons (Fsp3) is 0.500. The number of carbonyl (C=O) groups excluding carboxylic acids is 1. The monoisotopic (exact) mass is 283 g/mol. The van der Waals surface area contributed by atoms with Crippen molar-refractivity contribution in [1.29, 1.82) is 0 Å². The number of carbonyl (C=O) groups is 2. The van der Waals surface area contributed by atoms with Gasteiger partial charge in [0.05, 0.1) is 12.4 Å². The van der Waals surface area contributed by atoms with Crippen LogP contribution in [0.1, 0.15) is 30.3 Å². The molecule has 2 rings (SSSR count). The first-order chi connectivity index (χ1) is 9.00. The Morgan fingerprint density at radius 1 is 1.47 bits per heavy atom. The van der Waals surface area contributed by atoms with Crippen molar-refractivity contribution in [1.82, 2.24) is 14.9 Å². The second-order valence-corrected chi connectivity index (χ2v) is 5.02. The van der Waals surface area contributed by atoms with Crippen LogP contribution >= 0.6 is 11.6 Å². The number of hydrogen-bond donors (Lipinski definition) is 1. The highest BCUT2D eigenvalue weighted by Gasteiger charge is 2.37. The van der Waals surface area contributed by atoms with Gasteiger partial charge in [0, 0.05) is 6.54 Å². The lowest BCUT2D eigenvalue weighted by Gasteiger charge is -2.36. The third-order valence-electron chi connectivity index (χ3n) is 3.27. The van der Waals surface area contributed by atoms with E-state index in [0.717, 1.165) is 12.8 Å². The van der Waals surface area contributed by atoms with Crippen LogP contribution in [0.4, 0.5) is 0 Å². The van der Waals surface area contributed by atoms with Crippen LogP contribution in [0.3, 0.4) is 0 Å². The van der Waals surface area contributed by atoms with Gasteiger partial charge in [0.1, 0.15) is 16.9 Å². The molecule has 102 valence electrons. The van der Waals surface area contributed by atoms with E-state index < -0.39 is 17.9 Å². The van der Waals surface area contributed by atoms with E-state index in [2.05, 4.69) is 9.97 Å². The number of halogens is 1. The van der Waals surface area contributed by atoms with Crippen molar-refractivity contribution >= 4 is 23.5 Å². The molecule has 2 unspecified atom stereocenters. The molecule has 1 aliphatic rings. The minimum Gasteiger partial charge on any atom is -0.480 e. The molecule has 1 aromatic rings. The summed E-state index contributed by atoms with van der Waals surface area (Å²) in [6.45, 7) is 2.25. The number of carboxylic acids is 1. The number of amides is 1. The maximum absolute atomic E-state index is 12.3. The van der Waals surface area contributed by atoms with E-state index in [4.69, 9.17) is 11.6 Å². The number of aromatic nitrogens is 2. The number of nitrogens with zero attached hydrogens (tertiary/aromatic N) is 3. The zero-order valence-electron chi connectivity index (χ0n) is 10.4. The second-order valence-electron chi connectivity index (χ2n) is 4.63. The summed E-state index contributed by atoms with van der Waals surface area (Å²) < 4.78 is 0. The highest BCUT2D eigenvalue weighted by molar-refractivity contribution is 6.29. The van der Waals surface area contributed by atoms with E-state index in [-0.39, 0.29) is 16.8 Å². The molecule has 0 radical (unpaired) electrons. The Hall–Kier alpha value is -1.69. The van der Waals surface area contributed by atoms with Gasteiger partial charge in [0.15, 0.2) is 0 Å². The summed E-state index contributed by atoms with van der Waals surface area (Å²) in [6.07, 6.45) is 4.20. The van der Waals surface area contributed by atoms with Crippen LogP contribution in [0, 0.1) is 5.92 Å². The Kier molecular flexibility index (Phi) is 3.99. The lowest BCUT2D eigenvalue weighted by molar-refractivity contribution is -0.145. The molecule has 1 N–H and O–H groups in total. The van der Waals surface area contributed by atoms with Crippen LogP contribution in [-0.4, -0.2) is 44.4 Å². The summed E-state index contributed by atoms with van der Waals surface area (Å²) in [5.41, 5.74) is 0.0767. The summed E-state index contributed by atoms with van der Waals surface area (Å²) in [6, 6.07) is -0.818. The molecule has 0 saturated carbocycles. The molecule has 0 bridgehead atoms. The molecule has 1 aliphatic heterocycles. The molecule has 1 fully saturated rings. The van der Waals surface area contributed by atoms with Gasteiger partial charge in [-0.3, -0.25) is 9.78 Å². The smallest absolute Gasteiger partial charge is 0.326 e. The van der Waals surface area contributed by atoms with Crippen LogP contribution < -0.4 is 0 Å². The summed E-state index contributed by atoms with van der Waals surface area (Å²) in [5, 5.41) is 9.39. The Labute approximate surface area is 115 Å². The zero-order chi connectivity index (χ0) is 14.0. The molecular weight excluding hydrogens is 270 g/mol. The van der Waals surface area contributed by atoms with Crippen LogP contribution in [0.15, 0.2) is 12.4 Å². The van der Waals surface area contributed by atoms with E-state index >= 15 is 0 Å². The van der Waals surface area contributed by atoms with Crippen molar-refractivity contribution in [2.75, 3.05) is 6.54 Å². The molecule has 19 heavy (non-hydrogen) atoms. The van der Waals surface area contributed by atoms with Gasteiger partial charge in [-0.05, 0) is 18.8 Å². The van der Waals surface area contributed by atoms with E-state index in [0.29, 0.717) is 6.54 Å². The molecule has 2 atom stereocenters. The highest BCUT2D eigenvalue weighted by atomic mass is 35.5. The molecule has 0 spiro atoms. The van der Waals surface area contributed by atoms with Gasteiger partial charge < -0.3 is 10.0 Å². The van der Waals surface area contributed by atoms with Crippen LogP contribution in [0.5, 0.6) is 0 Å². The van der Waals surface area contributed by atoms with Gasteiger partial charge >= 0.3 is 5.97 Å². The fourth-order valence-electron chi connectivity index (χ4n) is 2.38. The number of piperidine rings is 1. The average molecular weight is 284 g/mol. The van der Waals surface area contributed by atoms with Gasteiger partial charge in [-0.1, -0.05) is 18.5 Å². The largest absolute Gasteiger partial charge is 0.480 e. The van der Waals surface area contributed by atoms with Crippen molar-refractivity contribution in [2.45, 2.75) is 25.8 Å². The average Bonchev–Trinajstić information content (AvgIpc) is 2.37. The number of carboxylic acid groups (broad SMARTS) is 1. The third kappa shape index (κ3) is 2.84. The fourth-order valence-corrected chi connectivity index (χ4v) is 2.53. The Morgan fingerprint density at radius 3 is 2.84 bits per heavy atom. The van der Waals surface area contributed by atoms with Crippen LogP contribution in [0.25, 0.3) is 0 Å². The zero-order valence-corrected chi connectivity index (χ0v) is 11.2. The van der Waals surface area contributed by atoms with Gasteiger partial charge in [-0.15, -0.1) is 0 Å². The molecule has 0 aliphatic carbocycles. The predicted octanol–water partition coefficient (Wildman–Crippen LogP) is 1.46. The Balaban J connectivity index is 2.28. The Morgan fingerprint density at radius 2 is 2.21 bits per heavy atom. The lowest BCUT2D eigenvalue weighted by atomic mass is 9.90. The first kappa shape index (κ1) is 13.7. The molecule has 1 aromatic heterocycles. The van der Waals surface area contributed by atoms with Gasteiger partial charge in [0.25, 0.3) is 5.91 Å². The van der Waals surface area contributed by atoms with Crippen LogP contribution in [-0.2, 0) is 4.79 Å². The topological polar surface area (TPSA) is 83.4 Å². The van der Waals surface area contributed by atoms with E-state index in [1.165, 1.54) is 17.3 Å². The van der Waals surface area contributed by atoms with Crippen molar-refractivity contribution in [2.24, 2.45) is 5.92 Å². The predicted molar refractivity (Wildman–Crippen MR) is 67.9 cm³/mol. The first-order valence-corrected chi connectivity index (χ1v) is 6.40. The highest BCUT2D eigenvalue weighted by Crippen LogP contribution is 2.25. The van der Waals surface area contributed by atoms with Crippen molar-refractivity contribution < 1.29 is 14.7 Å². The normalized spacial score (nSPS) is 23.2. The quantitative estimate of drug-likeness (QED) is 0.888. The molecular formula is C12H14ClN3O3. The van der Waals surface area contributed by atoms with Crippen molar-refractivity contribution in [3.63, 3.8) is 0 Å². The molecule has 6 nitrogen and oxygen atoms in total. The molecule has 1 amide bonds. The Bertz CT molecular complexity index is 509. The number of aliphatic carboxylic acids is 1. The number of likely N-dealkylation sites (tertiary alicyclic amines) is 1.